The number of benzene rings is 5. The van der Waals surface area contributed by atoms with Crippen LogP contribution in [-0.2, 0) is 25.6 Å². The second-order valence-electron chi connectivity index (χ2n) is 12.3. The Hall–Kier alpha value is -5.44. The SMILES string of the molecule is CCOC(=O)C1=C(c2ccccc2)c2ccc(OC)cc2C1Br.CCOC(=O)C1=C(c2ccccc2)c2ccc(OC)cc2C1NCc1ccccc1. The van der Waals surface area contributed by atoms with Crippen molar-refractivity contribution in [3.05, 3.63) is 177 Å². The van der Waals surface area contributed by atoms with Crippen LogP contribution in [0, 0.1) is 0 Å². The zero-order valence-electron chi connectivity index (χ0n) is 30.2. The Kier molecular flexibility index (Phi) is 12.2. The summed E-state index contributed by atoms with van der Waals surface area (Å²) in [6.07, 6.45) is 0. The fourth-order valence-corrected chi connectivity index (χ4v) is 7.61. The molecule has 5 aromatic carbocycles. The Morgan fingerprint density at radius 1 is 0.604 bits per heavy atom. The maximum absolute atomic E-state index is 13.1. The van der Waals surface area contributed by atoms with E-state index in [0.29, 0.717) is 30.9 Å². The minimum Gasteiger partial charge on any atom is -0.497 e. The summed E-state index contributed by atoms with van der Waals surface area (Å²) in [4.78, 5) is 25.4. The van der Waals surface area contributed by atoms with Crippen LogP contribution in [0.4, 0.5) is 0 Å². The normalized spacial score (nSPS) is 15.6. The molecule has 0 amide bonds. The van der Waals surface area contributed by atoms with E-state index in [0.717, 1.165) is 61.6 Å². The fraction of sp³-hybridized carbons (Fsp3) is 0.200. The summed E-state index contributed by atoms with van der Waals surface area (Å²) in [5.41, 5.74) is 10.4. The third-order valence-electron chi connectivity index (χ3n) is 9.19. The minimum absolute atomic E-state index is 0.207. The van der Waals surface area contributed by atoms with Gasteiger partial charge < -0.3 is 24.3 Å². The quantitative estimate of drug-likeness (QED) is 0.106. The number of hydrogen-bond donors (Lipinski definition) is 1. The summed E-state index contributed by atoms with van der Waals surface area (Å²) >= 11 is 3.66. The van der Waals surface area contributed by atoms with Crippen LogP contribution >= 0.6 is 15.9 Å². The molecule has 0 aromatic heterocycles. The Balaban J connectivity index is 0.000000188. The molecule has 53 heavy (non-hydrogen) atoms. The molecule has 7 rings (SSSR count). The van der Waals surface area contributed by atoms with Crippen LogP contribution in [0.2, 0.25) is 0 Å². The number of carbonyl (C=O) groups excluding carboxylic acids is 2. The summed E-state index contributed by atoms with van der Waals surface area (Å²) in [7, 11) is 3.29. The third kappa shape index (κ3) is 7.99. The van der Waals surface area contributed by atoms with Gasteiger partial charge in [0.15, 0.2) is 0 Å². The number of halogens is 1. The molecule has 0 spiro atoms. The number of esters is 2. The molecule has 2 aliphatic carbocycles. The van der Waals surface area contributed by atoms with E-state index in [2.05, 4.69) is 33.4 Å². The highest BCUT2D eigenvalue weighted by Gasteiger charge is 2.37. The molecule has 2 aliphatic rings. The van der Waals surface area contributed by atoms with Crippen LogP contribution in [0.3, 0.4) is 0 Å². The van der Waals surface area contributed by atoms with Gasteiger partial charge in [-0.3, -0.25) is 0 Å². The molecular formula is C45H42BrNO6. The zero-order valence-corrected chi connectivity index (χ0v) is 31.8. The number of hydrogen-bond acceptors (Lipinski definition) is 7. The summed E-state index contributed by atoms with van der Waals surface area (Å²) < 4.78 is 21.5. The molecule has 5 aromatic rings. The molecule has 270 valence electrons. The van der Waals surface area contributed by atoms with Crippen molar-refractivity contribution in [2.24, 2.45) is 0 Å². The summed E-state index contributed by atoms with van der Waals surface area (Å²) in [5, 5.41) is 3.58. The van der Waals surface area contributed by atoms with Gasteiger partial charge in [0, 0.05) is 17.7 Å². The monoisotopic (exact) mass is 771 g/mol. The smallest absolute Gasteiger partial charge is 0.336 e. The molecule has 1 N–H and O–H groups in total. The maximum Gasteiger partial charge on any atom is 0.336 e. The minimum atomic E-state index is -0.294. The van der Waals surface area contributed by atoms with Gasteiger partial charge in [-0.2, -0.15) is 0 Å². The molecule has 2 atom stereocenters. The summed E-state index contributed by atoms with van der Waals surface area (Å²) in [6.45, 7) is 4.96. The van der Waals surface area contributed by atoms with E-state index in [4.69, 9.17) is 18.9 Å². The first-order valence-corrected chi connectivity index (χ1v) is 18.5. The van der Waals surface area contributed by atoms with Crippen molar-refractivity contribution >= 4 is 39.0 Å². The standard InChI is InChI=1S/C26H25NO3.C19H17BrO3/c1-3-30-26(28)24-23(19-12-8-5-9-13-19)21-15-14-20(29-2)16-22(21)25(24)27-17-18-10-6-4-7-11-18;1-3-23-19(21)17-16(12-7-5-4-6-8-12)14-10-9-13(22-2)11-15(14)18(17)20/h4-16,25,27H,3,17H2,1-2H3;4-11,18H,3H2,1-2H3. The van der Waals surface area contributed by atoms with Crippen LogP contribution in [0.5, 0.6) is 11.5 Å². The molecule has 0 heterocycles. The Labute approximate surface area is 319 Å². The van der Waals surface area contributed by atoms with Gasteiger partial charge in [0.05, 0.1) is 49.4 Å². The summed E-state index contributed by atoms with van der Waals surface area (Å²) in [5.74, 6) is 0.948. The van der Waals surface area contributed by atoms with E-state index >= 15 is 0 Å². The maximum atomic E-state index is 13.1. The average molecular weight is 773 g/mol. The van der Waals surface area contributed by atoms with Crippen LogP contribution in [0.15, 0.2) is 139 Å². The van der Waals surface area contributed by atoms with E-state index < -0.39 is 0 Å². The van der Waals surface area contributed by atoms with Gasteiger partial charge >= 0.3 is 11.9 Å². The van der Waals surface area contributed by atoms with Gasteiger partial charge in [-0.15, -0.1) is 0 Å². The first-order chi connectivity index (χ1) is 25.9. The molecule has 0 radical (unpaired) electrons. The first kappa shape index (κ1) is 37.3. The van der Waals surface area contributed by atoms with Crippen molar-refractivity contribution in [1.29, 1.82) is 0 Å². The lowest BCUT2D eigenvalue weighted by Gasteiger charge is -2.18. The predicted molar refractivity (Wildman–Crippen MR) is 212 cm³/mol. The van der Waals surface area contributed by atoms with Gasteiger partial charge in [-0.05, 0) is 77.1 Å². The lowest BCUT2D eigenvalue weighted by Crippen LogP contribution is -2.25. The molecule has 0 saturated heterocycles. The van der Waals surface area contributed by atoms with Gasteiger partial charge in [0.1, 0.15) is 11.5 Å². The van der Waals surface area contributed by atoms with Crippen LogP contribution in [-0.4, -0.2) is 39.4 Å². The lowest BCUT2D eigenvalue weighted by molar-refractivity contribution is -0.139. The zero-order chi connectivity index (χ0) is 37.3. The van der Waals surface area contributed by atoms with E-state index in [-0.39, 0.29) is 22.8 Å². The van der Waals surface area contributed by atoms with Crippen LogP contribution < -0.4 is 14.8 Å². The lowest BCUT2D eigenvalue weighted by atomic mass is 9.97. The van der Waals surface area contributed by atoms with E-state index in [9.17, 15) is 9.59 Å². The van der Waals surface area contributed by atoms with Crippen molar-refractivity contribution in [1.82, 2.24) is 5.32 Å². The number of methoxy groups -OCH3 is 2. The number of carbonyl (C=O) groups is 2. The highest BCUT2D eigenvalue weighted by molar-refractivity contribution is 9.09. The number of ether oxygens (including phenoxy) is 4. The van der Waals surface area contributed by atoms with Crippen molar-refractivity contribution in [2.45, 2.75) is 31.3 Å². The second kappa shape index (κ2) is 17.4. The van der Waals surface area contributed by atoms with E-state index in [1.165, 1.54) is 0 Å². The Morgan fingerprint density at radius 3 is 1.57 bits per heavy atom. The van der Waals surface area contributed by atoms with Gasteiger partial charge in [0.25, 0.3) is 0 Å². The molecule has 0 bridgehead atoms. The molecule has 7 nitrogen and oxygen atoms in total. The fourth-order valence-electron chi connectivity index (χ4n) is 6.81. The summed E-state index contributed by atoms with van der Waals surface area (Å²) in [6, 6.07) is 41.6. The highest BCUT2D eigenvalue weighted by Crippen LogP contribution is 2.49. The molecule has 0 fully saturated rings. The van der Waals surface area contributed by atoms with Gasteiger partial charge in [-0.1, -0.05) is 119 Å². The van der Waals surface area contributed by atoms with Crippen molar-refractivity contribution in [2.75, 3.05) is 27.4 Å². The van der Waals surface area contributed by atoms with Crippen LogP contribution in [0.25, 0.3) is 11.1 Å². The largest absolute Gasteiger partial charge is 0.497 e. The third-order valence-corrected chi connectivity index (χ3v) is 10.1. The Bertz CT molecular complexity index is 2130. The molecule has 2 unspecified atom stereocenters. The number of rotatable bonds is 11. The number of fused-ring (bicyclic) bond motifs is 2. The molecular weight excluding hydrogens is 730 g/mol. The molecule has 0 aliphatic heterocycles. The van der Waals surface area contributed by atoms with Crippen molar-refractivity contribution in [3.8, 4) is 11.5 Å². The average Bonchev–Trinajstić information content (AvgIpc) is 3.69. The topological polar surface area (TPSA) is 83.1 Å². The van der Waals surface area contributed by atoms with Gasteiger partial charge in [0.2, 0.25) is 0 Å². The van der Waals surface area contributed by atoms with Crippen molar-refractivity contribution < 1.29 is 28.5 Å². The predicted octanol–water partition coefficient (Wildman–Crippen LogP) is 9.41. The van der Waals surface area contributed by atoms with Gasteiger partial charge in [-0.25, -0.2) is 9.59 Å². The van der Waals surface area contributed by atoms with Crippen LogP contribution in [0.1, 0.15) is 63.7 Å². The number of alkyl halides is 1. The molecule has 8 heteroatoms. The van der Waals surface area contributed by atoms with E-state index in [1.54, 1.807) is 14.2 Å². The first-order valence-electron chi connectivity index (χ1n) is 17.6. The van der Waals surface area contributed by atoms with Crippen molar-refractivity contribution in [3.63, 3.8) is 0 Å². The highest BCUT2D eigenvalue weighted by atomic mass is 79.9. The molecule has 0 saturated carbocycles. The number of nitrogens with one attached hydrogen (secondary N) is 1. The van der Waals surface area contributed by atoms with E-state index in [1.807, 2.05) is 129 Å². The Morgan fingerprint density at radius 2 is 1.06 bits per heavy atom. The second-order valence-corrected chi connectivity index (χ2v) is 13.2.